The quantitative estimate of drug-likeness (QED) is 0.208. The molecular weight excluding hydrogens is 703 g/mol. The summed E-state index contributed by atoms with van der Waals surface area (Å²) in [6, 6.07) is 13.4. The summed E-state index contributed by atoms with van der Waals surface area (Å²) in [4.78, 5) is 15.6. The third-order valence-corrected chi connectivity index (χ3v) is 8.12. The fraction of sp³-hybridized carbons (Fsp3) is 0.513. The van der Waals surface area contributed by atoms with Crippen molar-refractivity contribution in [2.75, 3.05) is 0 Å². The molecule has 3 rings (SSSR count). The third kappa shape index (κ3) is 13.8. The third-order valence-electron chi connectivity index (χ3n) is 7.90. The first-order valence-corrected chi connectivity index (χ1v) is 17.2. The van der Waals surface area contributed by atoms with Crippen molar-refractivity contribution in [2.24, 2.45) is 9.98 Å². The predicted molar refractivity (Wildman–Crippen MR) is 190 cm³/mol. The Kier molecular flexibility index (Phi) is 25.2. The van der Waals surface area contributed by atoms with Gasteiger partial charge in [-0.3, -0.25) is 9.98 Å². The molecular formula is C39H54Cl4N3V. The topological polar surface area (TPSA) is 37.6 Å². The van der Waals surface area contributed by atoms with Crippen LogP contribution in [-0.2, 0) is 57.1 Å². The molecule has 1 aromatic heterocycles. The first-order valence-electron chi connectivity index (χ1n) is 16.9. The number of aryl methyl sites for hydroxylation is 6. The summed E-state index contributed by atoms with van der Waals surface area (Å²) in [6.07, 6.45) is 13.0. The Balaban J connectivity index is 0. The second-order valence-corrected chi connectivity index (χ2v) is 12.4. The van der Waals surface area contributed by atoms with Gasteiger partial charge in [0.15, 0.2) is 0 Å². The largest absolute Gasteiger partial charge is 3.00 e. The summed E-state index contributed by atoms with van der Waals surface area (Å²) >= 11 is 6.73. The Morgan fingerprint density at radius 1 is 0.511 bits per heavy atom. The number of hydrogen-bond acceptors (Lipinski definition) is 3. The van der Waals surface area contributed by atoms with E-state index in [4.69, 9.17) is 26.6 Å². The van der Waals surface area contributed by atoms with Crippen LogP contribution in [0, 0.1) is 0 Å². The smallest absolute Gasteiger partial charge is 1.00 e. The van der Waals surface area contributed by atoms with Gasteiger partial charge in [-0.15, -0.1) is 0 Å². The minimum atomic E-state index is 0. The van der Waals surface area contributed by atoms with Crippen LogP contribution in [0.1, 0.15) is 139 Å². The van der Waals surface area contributed by atoms with Gasteiger partial charge in [-0.05, 0) is 97.9 Å². The molecule has 0 aliphatic rings. The SMILES string of the molecule is CCCc1cc(CCC)c(N=C(C)c2cc(Cl)cc(C(C)=Nc3c(CCC)cc(CCC)cc3CCC)n2)c(CCC)c1.[Cl-].[Cl-].[Cl-].[V+3]. The second kappa shape index (κ2) is 24.8. The van der Waals surface area contributed by atoms with Crippen molar-refractivity contribution in [1.29, 1.82) is 0 Å². The maximum absolute atomic E-state index is 6.73. The second-order valence-electron chi connectivity index (χ2n) is 12.0. The Bertz CT molecular complexity index is 1280. The molecule has 258 valence electrons. The predicted octanol–water partition coefficient (Wildman–Crippen LogP) is 2.74. The van der Waals surface area contributed by atoms with Crippen molar-refractivity contribution in [3.8, 4) is 0 Å². The number of aliphatic imine (C=N–C) groups is 2. The maximum Gasteiger partial charge on any atom is 3.00 e. The van der Waals surface area contributed by atoms with E-state index in [1.54, 1.807) is 0 Å². The summed E-state index contributed by atoms with van der Waals surface area (Å²) in [6.45, 7) is 17.6. The molecule has 0 fully saturated rings. The zero-order valence-corrected chi connectivity index (χ0v) is 34.2. The average Bonchev–Trinajstić information content (AvgIpc) is 2.97. The molecule has 0 unspecified atom stereocenters. The molecule has 0 aliphatic heterocycles. The zero-order valence-electron chi connectivity index (χ0n) is 29.8. The van der Waals surface area contributed by atoms with Crippen molar-refractivity contribution in [2.45, 2.75) is 132 Å². The molecule has 0 amide bonds. The summed E-state index contributed by atoms with van der Waals surface area (Å²) in [5.74, 6) is 0. The standard InChI is InChI=1S/C39H54ClN3.3ClH.V/c1-9-15-29-21-31(17-11-3)38(32(22-29)18-12-4)41-27(7)36-25-35(40)26-37(43-36)28(8)42-39-33(19-13-5)23-30(16-10-2)24-34(39)20-14-6;;;;/h21-26H,9-20H2,1-8H3;3*1H;/q;;;;+3/p-3. The molecule has 3 aromatic rings. The molecule has 0 atom stereocenters. The number of benzene rings is 2. The number of nitrogens with zero attached hydrogens (tertiary/aromatic N) is 3. The van der Waals surface area contributed by atoms with Gasteiger partial charge in [-0.2, -0.15) is 0 Å². The van der Waals surface area contributed by atoms with Crippen molar-refractivity contribution in [1.82, 2.24) is 4.98 Å². The van der Waals surface area contributed by atoms with E-state index in [0.29, 0.717) is 5.02 Å². The van der Waals surface area contributed by atoms with Crippen LogP contribution in [0.2, 0.25) is 5.02 Å². The minimum Gasteiger partial charge on any atom is -1.00 e. The molecule has 0 radical (unpaired) electrons. The van der Waals surface area contributed by atoms with E-state index in [2.05, 4.69) is 79.7 Å². The normalized spacial score (nSPS) is 11.3. The van der Waals surface area contributed by atoms with Crippen molar-refractivity contribution < 1.29 is 55.8 Å². The van der Waals surface area contributed by atoms with Gasteiger partial charge in [0.25, 0.3) is 0 Å². The first kappa shape index (κ1) is 47.8. The summed E-state index contributed by atoms with van der Waals surface area (Å²) in [5.41, 5.74) is 13.8. The number of hydrogen-bond donors (Lipinski definition) is 0. The van der Waals surface area contributed by atoms with Crippen LogP contribution in [0.5, 0.6) is 0 Å². The van der Waals surface area contributed by atoms with Crippen LogP contribution in [0.15, 0.2) is 46.4 Å². The molecule has 0 aliphatic carbocycles. The van der Waals surface area contributed by atoms with Crippen molar-refractivity contribution >= 4 is 34.4 Å². The van der Waals surface area contributed by atoms with Gasteiger partial charge >= 0.3 is 18.6 Å². The van der Waals surface area contributed by atoms with Crippen LogP contribution >= 0.6 is 11.6 Å². The number of rotatable bonds is 16. The van der Waals surface area contributed by atoms with Crippen LogP contribution in [0.4, 0.5) is 11.4 Å². The van der Waals surface area contributed by atoms with E-state index >= 15 is 0 Å². The zero-order chi connectivity index (χ0) is 31.4. The molecule has 0 bridgehead atoms. The minimum absolute atomic E-state index is 0. The maximum atomic E-state index is 6.73. The van der Waals surface area contributed by atoms with Gasteiger partial charge in [-0.1, -0.05) is 116 Å². The summed E-state index contributed by atoms with van der Waals surface area (Å²) in [5, 5.41) is 0.658. The van der Waals surface area contributed by atoms with E-state index in [1.165, 1.54) is 33.4 Å². The van der Waals surface area contributed by atoms with E-state index in [-0.39, 0.29) is 55.8 Å². The van der Waals surface area contributed by atoms with E-state index < -0.39 is 0 Å². The van der Waals surface area contributed by atoms with Gasteiger partial charge in [0.05, 0.1) is 34.2 Å². The van der Waals surface area contributed by atoms with Gasteiger partial charge in [-0.25, -0.2) is 4.98 Å². The number of halogens is 4. The summed E-state index contributed by atoms with van der Waals surface area (Å²) in [7, 11) is 0. The van der Waals surface area contributed by atoms with Gasteiger partial charge < -0.3 is 37.2 Å². The van der Waals surface area contributed by atoms with Crippen molar-refractivity contribution in [3.05, 3.63) is 86.2 Å². The Labute approximate surface area is 321 Å². The number of aromatic nitrogens is 1. The van der Waals surface area contributed by atoms with Crippen LogP contribution in [0.25, 0.3) is 0 Å². The molecule has 3 nitrogen and oxygen atoms in total. The van der Waals surface area contributed by atoms with E-state index in [1.807, 2.05) is 12.1 Å². The van der Waals surface area contributed by atoms with Gasteiger partial charge in [0, 0.05) is 5.02 Å². The Morgan fingerprint density at radius 2 is 0.787 bits per heavy atom. The molecule has 8 heteroatoms. The summed E-state index contributed by atoms with van der Waals surface area (Å²) < 4.78 is 0. The molecule has 0 saturated heterocycles. The molecule has 0 N–H and O–H groups in total. The fourth-order valence-corrected chi connectivity index (χ4v) is 6.18. The molecule has 1 heterocycles. The average molecular weight is 758 g/mol. The van der Waals surface area contributed by atoms with Crippen LogP contribution in [0.3, 0.4) is 0 Å². The van der Waals surface area contributed by atoms with Gasteiger partial charge in [0.2, 0.25) is 0 Å². The van der Waals surface area contributed by atoms with Crippen LogP contribution < -0.4 is 37.2 Å². The Morgan fingerprint density at radius 3 is 1.04 bits per heavy atom. The molecule has 2 aromatic carbocycles. The molecule has 0 saturated carbocycles. The number of pyridine rings is 1. The molecule has 47 heavy (non-hydrogen) atoms. The fourth-order valence-electron chi connectivity index (χ4n) is 5.98. The Hall–Kier alpha value is -1.33. The van der Waals surface area contributed by atoms with Crippen molar-refractivity contribution in [3.63, 3.8) is 0 Å². The first-order chi connectivity index (χ1) is 20.8. The molecule has 0 spiro atoms. The van der Waals surface area contributed by atoms with Crippen LogP contribution in [-0.4, -0.2) is 16.4 Å². The van der Waals surface area contributed by atoms with Gasteiger partial charge in [0.1, 0.15) is 0 Å². The van der Waals surface area contributed by atoms with E-state index in [9.17, 15) is 0 Å². The monoisotopic (exact) mass is 755 g/mol. The van der Waals surface area contributed by atoms with E-state index in [0.717, 1.165) is 111 Å².